The number of rotatable bonds is 9. The van der Waals surface area contributed by atoms with E-state index in [9.17, 15) is 9.90 Å². The Labute approximate surface area is 180 Å². The number of hydrogen-bond acceptors (Lipinski definition) is 6. The Balaban J connectivity index is 1.33. The molecule has 3 aromatic rings. The summed E-state index contributed by atoms with van der Waals surface area (Å²) in [5.74, 6) is -0.0407. The molecule has 1 unspecified atom stereocenters. The number of hydrogen-bond donors (Lipinski definition) is 2. The molecule has 4 rings (SSSR count). The molecule has 0 fully saturated rings. The van der Waals surface area contributed by atoms with Gasteiger partial charge in [-0.25, -0.2) is 4.98 Å². The Morgan fingerprint density at radius 3 is 2.83 bits per heavy atom. The van der Waals surface area contributed by atoms with Gasteiger partial charge in [0.25, 0.3) is 0 Å². The number of ether oxygens (including phenoxy) is 1. The number of aromatic nitrogens is 1. The zero-order chi connectivity index (χ0) is 20.8. The maximum Gasteiger partial charge on any atom is 0.322 e. The van der Waals surface area contributed by atoms with Crippen molar-refractivity contribution in [3.05, 3.63) is 76.2 Å². The number of para-hydroxylation sites is 2. The van der Waals surface area contributed by atoms with Gasteiger partial charge in [0.1, 0.15) is 23.4 Å². The number of carboxylic acids is 1. The van der Waals surface area contributed by atoms with Crippen molar-refractivity contribution in [1.82, 2.24) is 10.3 Å². The predicted molar refractivity (Wildman–Crippen MR) is 118 cm³/mol. The Hall–Kier alpha value is -2.90. The maximum atomic E-state index is 11.8. The largest absolute Gasteiger partial charge is 0.486 e. The number of nitrogens with one attached hydrogen (secondary N) is 1. The molecule has 156 valence electrons. The van der Waals surface area contributed by atoms with Gasteiger partial charge in [0.2, 0.25) is 0 Å². The Morgan fingerprint density at radius 1 is 1.20 bits per heavy atom. The molecule has 0 radical (unpaired) electrons. The van der Waals surface area contributed by atoms with E-state index in [0.717, 1.165) is 41.5 Å². The number of thiazole rings is 1. The molecular weight excluding hydrogens is 398 g/mol. The van der Waals surface area contributed by atoms with E-state index in [0.29, 0.717) is 19.7 Å². The second-order valence-corrected chi connectivity index (χ2v) is 8.23. The SMILES string of the molecule is O=C(O)C(CN1CCCc2ccccc21)NCc1csc(COc2ccccc2)n1. The molecule has 0 saturated heterocycles. The number of aryl methyl sites for hydroxylation is 1. The van der Waals surface area contributed by atoms with Gasteiger partial charge in [-0.2, -0.15) is 0 Å². The fourth-order valence-electron chi connectivity index (χ4n) is 3.64. The van der Waals surface area contributed by atoms with Crippen LogP contribution in [0.15, 0.2) is 60.0 Å². The van der Waals surface area contributed by atoms with Gasteiger partial charge in [0.05, 0.1) is 5.69 Å². The molecule has 0 amide bonds. The van der Waals surface area contributed by atoms with E-state index >= 15 is 0 Å². The van der Waals surface area contributed by atoms with Crippen LogP contribution in [0.3, 0.4) is 0 Å². The average Bonchev–Trinajstić information content (AvgIpc) is 3.23. The summed E-state index contributed by atoms with van der Waals surface area (Å²) in [6, 6.07) is 17.2. The third-order valence-corrected chi connectivity index (χ3v) is 6.01. The van der Waals surface area contributed by atoms with Gasteiger partial charge in [-0.1, -0.05) is 36.4 Å². The van der Waals surface area contributed by atoms with E-state index in [1.54, 1.807) is 0 Å². The smallest absolute Gasteiger partial charge is 0.322 e. The highest BCUT2D eigenvalue weighted by atomic mass is 32.1. The van der Waals surface area contributed by atoms with Gasteiger partial charge in [0.15, 0.2) is 0 Å². The minimum absolute atomic E-state index is 0.404. The van der Waals surface area contributed by atoms with Crippen molar-refractivity contribution in [2.75, 3.05) is 18.0 Å². The molecular formula is C23H25N3O3S. The van der Waals surface area contributed by atoms with Gasteiger partial charge in [0, 0.05) is 30.7 Å². The molecule has 2 aromatic carbocycles. The number of benzene rings is 2. The van der Waals surface area contributed by atoms with Crippen molar-refractivity contribution in [3.63, 3.8) is 0 Å². The molecule has 2 heterocycles. The standard InChI is InChI=1S/C23H25N3O3S/c27-23(28)20(14-26-12-6-8-17-7-4-5-11-21(17)26)24-13-18-16-30-22(25-18)15-29-19-9-2-1-3-10-19/h1-5,7,9-11,16,20,24H,6,8,12-15H2,(H,27,28). The van der Waals surface area contributed by atoms with Gasteiger partial charge in [-0.05, 0) is 36.6 Å². The summed E-state index contributed by atoms with van der Waals surface area (Å²) in [6.45, 7) is 2.12. The molecule has 7 heteroatoms. The van der Waals surface area contributed by atoms with Gasteiger partial charge in [-0.3, -0.25) is 10.1 Å². The zero-order valence-corrected chi connectivity index (χ0v) is 17.5. The summed E-state index contributed by atoms with van der Waals surface area (Å²) in [5, 5.41) is 15.7. The quantitative estimate of drug-likeness (QED) is 0.546. The monoisotopic (exact) mass is 423 g/mol. The molecule has 0 bridgehead atoms. The van der Waals surface area contributed by atoms with E-state index in [1.165, 1.54) is 16.9 Å². The first-order valence-corrected chi connectivity index (χ1v) is 11.0. The summed E-state index contributed by atoms with van der Waals surface area (Å²) in [7, 11) is 0. The first-order valence-electron chi connectivity index (χ1n) is 10.1. The van der Waals surface area contributed by atoms with Crippen LogP contribution in [0, 0.1) is 0 Å². The molecule has 2 N–H and O–H groups in total. The number of aliphatic carboxylic acids is 1. The maximum absolute atomic E-state index is 11.8. The highest BCUT2D eigenvalue weighted by molar-refractivity contribution is 7.09. The lowest BCUT2D eigenvalue weighted by molar-refractivity contribution is -0.139. The van der Waals surface area contributed by atoms with E-state index in [-0.39, 0.29) is 0 Å². The molecule has 0 spiro atoms. The van der Waals surface area contributed by atoms with Gasteiger partial charge >= 0.3 is 5.97 Å². The molecule has 6 nitrogen and oxygen atoms in total. The molecule has 1 aliphatic rings. The van der Waals surface area contributed by atoms with Crippen LogP contribution in [0.2, 0.25) is 0 Å². The van der Waals surface area contributed by atoms with E-state index in [2.05, 4.69) is 27.3 Å². The third kappa shape index (κ3) is 5.17. The Morgan fingerprint density at radius 2 is 2.00 bits per heavy atom. The van der Waals surface area contributed by atoms with Crippen LogP contribution in [0.25, 0.3) is 0 Å². The van der Waals surface area contributed by atoms with Crippen LogP contribution >= 0.6 is 11.3 Å². The van der Waals surface area contributed by atoms with Crippen LogP contribution < -0.4 is 15.0 Å². The van der Waals surface area contributed by atoms with Crippen LogP contribution in [-0.2, 0) is 24.4 Å². The minimum Gasteiger partial charge on any atom is -0.486 e. The van der Waals surface area contributed by atoms with Crippen LogP contribution in [-0.4, -0.2) is 35.2 Å². The van der Waals surface area contributed by atoms with Gasteiger partial charge in [-0.15, -0.1) is 11.3 Å². The van der Waals surface area contributed by atoms with Crippen LogP contribution in [0.4, 0.5) is 5.69 Å². The van der Waals surface area contributed by atoms with Crippen molar-refractivity contribution in [2.45, 2.75) is 32.0 Å². The lowest BCUT2D eigenvalue weighted by atomic mass is 10.0. The summed E-state index contributed by atoms with van der Waals surface area (Å²) in [6.07, 6.45) is 2.09. The number of carboxylic acid groups (broad SMARTS) is 1. The molecule has 0 saturated carbocycles. The average molecular weight is 424 g/mol. The van der Waals surface area contributed by atoms with Gasteiger partial charge < -0.3 is 14.7 Å². The first-order chi connectivity index (χ1) is 14.7. The topological polar surface area (TPSA) is 74.7 Å². The fraction of sp³-hybridized carbons (Fsp3) is 0.304. The van der Waals surface area contributed by atoms with Crippen LogP contribution in [0.5, 0.6) is 5.75 Å². The highest BCUT2D eigenvalue weighted by Gasteiger charge is 2.24. The molecule has 1 aromatic heterocycles. The molecule has 30 heavy (non-hydrogen) atoms. The van der Waals surface area contributed by atoms with Crippen LogP contribution in [0.1, 0.15) is 22.7 Å². The zero-order valence-electron chi connectivity index (χ0n) is 16.7. The summed E-state index contributed by atoms with van der Waals surface area (Å²) >= 11 is 1.52. The van der Waals surface area contributed by atoms with Crippen molar-refractivity contribution >= 4 is 23.0 Å². The molecule has 1 aliphatic heterocycles. The minimum atomic E-state index is -0.846. The number of anilines is 1. The molecule has 0 aliphatic carbocycles. The number of fused-ring (bicyclic) bond motifs is 1. The third-order valence-electron chi connectivity index (χ3n) is 5.14. The summed E-state index contributed by atoms with van der Waals surface area (Å²) in [5.41, 5.74) is 3.26. The second kappa shape index (κ2) is 9.73. The van der Waals surface area contributed by atoms with E-state index < -0.39 is 12.0 Å². The highest BCUT2D eigenvalue weighted by Crippen LogP contribution is 2.26. The van der Waals surface area contributed by atoms with Crippen molar-refractivity contribution in [1.29, 1.82) is 0 Å². The number of nitrogens with zero attached hydrogens (tertiary/aromatic N) is 2. The summed E-state index contributed by atoms with van der Waals surface area (Å²) < 4.78 is 5.73. The second-order valence-electron chi connectivity index (χ2n) is 7.28. The number of carbonyl (C=O) groups is 1. The lowest BCUT2D eigenvalue weighted by Crippen LogP contribution is -2.47. The van der Waals surface area contributed by atoms with E-state index in [4.69, 9.17) is 4.74 Å². The molecule has 1 atom stereocenters. The predicted octanol–water partition coefficient (Wildman–Crippen LogP) is 3.72. The van der Waals surface area contributed by atoms with E-state index in [1.807, 2.05) is 47.8 Å². The van der Waals surface area contributed by atoms with Crippen molar-refractivity contribution < 1.29 is 14.6 Å². The van der Waals surface area contributed by atoms with Crippen molar-refractivity contribution in [2.24, 2.45) is 0 Å². The first kappa shape index (κ1) is 20.4. The fourth-order valence-corrected chi connectivity index (χ4v) is 4.34. The normalized spacial score (nSPS) is 14.2. The Bertz CT molecular complexity index is 977. The summed E-state index contributed by atoms with van der Waals surface area (Å²) in [4.78, 5) is 18.6. The Kier molecular flexibility index (Phi) is 6.61. The lowest BCUT2D eigenvalue weighted by Gasteiger charge is -2.33. The van der Waals surface area contributed by atoms with Crippen molar-refractivity contribution in [3.8, 4) is 5.75 Å².